The maximum absolute atomic E-state index is 5.83. The Bertz CT molecular complexity index is 649. The van der Waals surface area contributed by atoms with Crippen LogP contribution in [0.4, 0.5) is 5.95 Å². The highest BCUT2D eigenvalue weighted by Crippen LogP contribution is 2.25. The van der Waals surface area contributed by atoms with Gasteiger partial charge in [-0.2, -0.15) is 15.0 Å². The second-order valence-corrected chi connectivity index (χ2v) is 6.51. The lowest BCUT2D eigenvalue weighted by molar-refractivity contribution is 0.122. The van der Waals surface area contributed by atoms with Crippen molar-refractivity contribution in [3.05, 3.63) is 36.2 Å². The summed E-state index contributed by atoms with van der Waals surface area (Å²) in [5.74, 6) is 2.09. The van der Waals surface area contributed by atoms with E-state index >= 15 is 0 Å². The Kier molecular flexibility index (Phi) is 4.43. The standard InChI is InChI=1S/C17H22N4O2/c1-17(2,3)14-18-15(21-9-11-22-12-10-21)20-16(19-14)23-13-7-5-4-6-8-13/h4-8H,9-12H2,1-3H3. The summed E-state index contributed by atoms with van der Waals surface area (Å²) < 4.78 is 11.2. The number of hydrogen-bond donors (Lipinski definition) is 0. The van der Waals surface area contributed by atoms with E-state index in [1.807, 2.05) is 30.3 Å². The van der Waals surface area contributed by atoms with Crippen LogP contribution >= 0.6 is 0 Å². The van der Waals surface area contributed by atoms with Crippen LogP contribution in [0.5, 0.6) is 11.8 Å². The van der Waals surface area contributed by atoms with E-state index < -0.39 is 0 Å². The van der Waals surface area contributed by atoms with Gasteiger partial charge in [0.2, 0.25) is 5.95 Å². The highest BCUT2D eigenvalue weighted by Gasteiger charge is 2.23. The van der Waals surface area contributed by atoms with Crippen molar-refractivity contribution in [2.24, 2.45) is 0 Å². The zero-order chi connectivity index (χ0) is 16.3. The zero-order valence-corrected chi connectivity index (χ0v) is 13.8. The molecule has 6 heteroatoms. The predicted molar refractivity (Wildman–Crippen MR) is 88.1 cm³/mol. The molecule has 0 aliphatic carbocycles. The third kappa shape index (κ3) is 3.96. The first-order valence-electron chi connectivity index (χ1n) is 7.84. The van der Waals surface area contributed by atoms with Gasteiger partial charge in [0, 0.05) is 18.5 Å². The normalized spacial score (nSPS) is 15.5. The van der Waals surface area contributed by atoms with Crippen LogP contribution in [-0.2, 0) is 10.2 Å². The lowest BCUT2D eigenvalue weighted by atomic mass is 9.96. The van der Waals surface area contributed by atoms with Gasteiger partial charge in [-0.15, -0.1) is 0 Å². The maximum Gasteiger partial charge on any atom is 0.327 e. The van der Waals surface area contributed by atoms with Gasteiger partial charge in [-0.05, 0) is 12.1 Å². The van der Waals surface area contributed by atoms with E-state index in [1.54, 1.807) is 0 Å². The first-order chi connectivity index (χ1) is 11.0. The van der Waals surface area contributed by atoms with Crippen LogP contribution in [0.15, 0.2) is 30.3 Å². The fourth-order valence-electron chi connectivity index (χ4n) is 2.23. The molecule has 0 unspecified atom stereocenters. The molecule has 0 radical (unpaired) electrons. The van der Waals surface area contributed by atoms with Crippen LogP contribution in [0.1, 0.15) is 26.6 Å². The number of rotatable bonds is 3. The molecule has 0 bridgehead atoms. The molecule has 0 saturated carbocycles. The monoisotopic (exact) mass is 314 g/mol. The molecule has 2 heterocycles. The van der Waals surface area contributed by atoms with Crippen LogP contribution in [0.3, 0.4) is 0 Å². The number of morpholine rings is 1. The van der Waals surface area contributed by atoms with Crippen LogP contribution < -0.4 is 9.64 Å². The number of nitrogens with zero attached hydrogens (tertiary/aromatic N) is 4. The topological polar surface area (TPSA) is 60.4 Å². The number of para-hydroxylation sites is 1. The minimum absolute atomic E-state index is 0.182. The van der Waals surface area contributed by atoms with Gasteiger partial charge in [0.05, 0.1) is 13.2 Å². The molecule has 1 saturated heterocycles. The summed E-state index contributed by atoms with van der Waals surface area (Å²) in [5, 5.41) is 0. The molecule has 1 aliphatic heterocycles. The molecule has 2 aromatic rings. The van der Waals surface area contributed by atoms with Crippen molar-refractivity contribution < 1.29 is 9.47 Å². The molecule has 3 rings (SSSR count). The molecule has 0 N–H and O–H groups in total. The number of hydrogen-bond acceptors (Lipinski definition) is 6. The Hall–Kier alpha value is -2.21. The summed E-state index contributed by atoms with van der Waals surface area (Å²) in [6.45, 7) is 9.17. The minimum Gasteiger partial charge on any atom is -0.424 e. The molecule has 0 atom stereocenters. The molecule has 23 heavy (non-hydrogen) atoms. The quantitative estimate of drug-likeness (QED) is 0.868. The summed E-state index contributed by atoms with van der Waals surface area (Å²) in [5.41, 5.74) is -0.182. The molecule has 1 aromatic carbocycles. The van der Waals surface area contributed by atoms with Gasteiger partial charge < -0.3 is 14.4 Å². The van der Waals surface area contributed by atoms with Gasteiger partial charge in [-0.1, -0.05) is 39.0 Å². The number of anilines is 1. The lowest BCUT2D eigenvalue weighted by Crippen LogP contribution is -2.38. The Morgan fingerprint density at radius 1 is 1.00 bits per heavy atom. The Labute approximate surface area is 136 Å². The van der Waals surface area contributed by atoms with Crippen molar-refractivity contribution in [1.29, 1.82) is 0 Å². The lowest BCUT2D eigenvalue weighted by Gasteiger charge is -2.28. The summed E-state index contributed by atoms with van der Waals surface area (Å²) in [4.78, 5) is 15.7. The average molecular weight is 314 g/mol. The van der Waals surface area contributed by atoms with E-state index in [2.05, 4.69) is 40.6 Å². The van der Waals surface area contributed by atoms with Gasteiger partial charge in [-0.3, -0.25) is 0 Å². The van der Waals surface area contributed by atoms with Gasteiger partial charge in [0.1, 0.15) is 11.6 Å². The van der Waals surface area contributed by atoms with E-state index in [-0.39, 0.29) is 5.41 Å². The molecule has 6 nitrogen and oxygen atoms in total. The van der Waals surface area contributed by atoms with Crippen molar-refractivity contribution in [2.75, 3.05) is 31.2 Å². The van der Waals surface area contributed by atoms with Crippen molar-refractivity contribution in [1.82, 2.24) is 15.0 Å². The number of aromatic nitrogens is 3. The van der Waals surface area contributed by atoms with Crippen LogP contribution in [-0.4, -0.2) is 41.3 Å². The molecular formula is C17H22N4O2. The van der Waals surface area contributed by atoms with Gasteiger partial charge in [-0.25, -0.2) is 0 Å². The number of ether oxygens (including phenoxy) is 2. The maximum atomic E-state index is 5.83. The highest BCUT2D eigenvalue weighted by atomic mass is 16.5. The van der Waals surface area contributed by atoms with E-state index in [0.29, 0.717) is 30.9 Å². The number of benzene rings is 1. The molecule has 0 spiro atoms. The van der Waals surface area contributed by atoms with Gasteiger partial charge >= 0.3 is 6.01 Å². The molecule has 1 aliphatic rings. The fourth-order valence-corrected chi connectivity index (χ4v) is 2.23. The van der Waals surface area contributed by atoms with E-state index in [9.17, 15) is 0 Å². The fraction of sp³-hybridized carbons (Fsp3) is 0.471. The third-order valence-electron chi connectivity index (χ3n) is 3.52. The van der Waals surface area contributed by atoms with Crippen molar-refractivity contribution in [3.63, 3.8) is 0 Å². The molecule has 0 amide bonds. The Morgan fingerprint density at radius 2 is 1.70 bits per heavy atom. The van der Waals surface area contributed by atoms with Crippen LogP contribution in [0.25, 0.3) is 0 Å². The first kappa shape index (κ1) is 15.7. The van der Waals surface area contributed by atoms with Crippen molar-refractivity contribution >= 4 is 5.95 Å². The Balaban J connectivity index is 1.94. The second kappa shape index (κ2) is 6.50. The van der Waals surface area contributed by atoms with Crippen LogP contribution in [0, 0.1) is 0 Å². The first-order valence-corrected chi connectivity index (χ1v) is 7.84. The van der Waals surface area contributed by atoms with E-state index in [4.69, 9.17) is 9.47 Å². The molecule has 1 fully saturated rings. The zero-order valence-electron chi connectivity index (χ0n) is 13.8. The molecule has 1 aromatic heterocycles. The van der Waals surface area contributed by atoms with Gasteiger partial charge in [0.15, 0.2) is 0 Å². The minimum atomic E-state index is -0.182. The van der Waals surface area contributed by atoms with Crippen LogP contribution in [0.2, 0.25) is 0 Å². The molecular weight excluding hydrogens is 292 g/mol. The molecule has 122 valence electrons. The average Bonchev–Trinajstić information content (AvgIpc) is 2.55. The van der Waals surface area contributed by atoms with Gasteiger partial charge in [0.25, 0.3) is 0 Å². The third-order valence-corrected chi connectivity index (χ3v) is 3.52. The summed E-state index contributed by atoms with van der Waals surface area (Å²) in [6.07, 6.45) is 0. The summed E-state index contributed by atoms with van der Waals surface area (Å²) >= 11 is 0. The smallest absolute Gasteiger partial charge is 0.327 e. The highest BCUT2D eigenvalue weighted by molar-refractivity contribution is 5.34. The van der Waals surface area contributed by atoms with Crippen molar-refractivity contribution in [2.45, 2.75) is 26.2 Å². The summed E-state index contributed by atoms with van der Waals surface area (Å²) in [6, 6.07) is 9.88. The predicted octanol–water partition coefficient (Wildman–Crippen LogP) is 2.80. The SMILES string of the molecule is CC(C)(C)c1nc(Oc2ccccc2)nc(N2CCOCC2)n1. The second-order valence-electron chi connectivity index (χ2n) is 6.51. The largest absolute Gasteiger partial charge is 0.424 e. The summed E-state index contributed by atoms with van der Waals surface area (Å²) in [7, 11) is 0. The Morgan fingerprint density at radius 3 is 2.35 bits per heavy atom. The van der Waals surface area contributed by atoms with Crippen molar-refractivity contribution in [3.8, 4) is 11.8 Å². The van der Waals surface area contributed by atoms with E-state index in [1.165, 1.54) is 0 Å². The van der Waals surface area contributed by atoms with E-state index in [0.717, 1.165) is 18.9 Å².